The Morgan fingerprint density at radius 2 is 1.87 bits per heavy atom. The Morgan fingerprint density at radius 1 is 1.16 bits per heavy atom. The Bertz CT molecular complexity index is 1170. The fourth-order valence-electron chi connectivity index (χ4n) is 2.87. The molecular formula is C21H24N4O5S. The summed E-state index contributed by atoms with van der Waals surface area (Å²) in [5.41, 5.74) is 2.07. The van der Waals surface area contributed by atoms with Crippen LogP contribution in [-0.2, 0) is 16.6 Å². The number of carbonyl (C=O) groups excluding carboxylic acids is 1. The van der Waals surface area contributed by atoms with E-state index in [0.29, 0.717) is 11.7 Å². The minimum Gasteiger partial charge on any atom is -0.496 e. The molecule has 0 saturated carbocycles. The van der Waals surface area contributed by atoms with Crippen LogP contribution in [0.5, 0.6) is 5.75 Å². The van der Waals surface area contributed by atoms with Gasteiger partial charge in [-0.1, -0.05) is 43.3 Å². The maximum Gasteiger partial charge on any atom is 0.254 e. The van der Waals surface area contributed by atoms with Crippen molar-refractivity contribution in [3.05, 3.63) is 59.5 Å². The molecule has 0 spiro atoms. The first kappa shape index (κ1) is 22.4. The van der Waals surface area contributed by atoms with Crippen molar-refractivity contribution < 1.29 is 22.5 Å². The van der Waals surface area contributed by atoms with E-state index in [1.807, 2.05) is 24.3 Å². The number of hydrogen-bond donors (Lipinski definition) is 2. The van der Waals surface area contributed by atoms with E-state index in [2.05, 4.69) is 34.0 Å². The van der Waals surface area contributed by atoms with E-state index in [1.54, 1.807) is 0 Å². The summed E-state index contributed by atoms with van der Waals surface area (Å²) in [5.74, 6) is 0.704. The van der Waals surface area contributed by atoms with Gasteiger partial charge in [0, 0.05) is 12.6 Å². The van der Waals surface area contributed by atoms with Gasteiger partial charge < -0.3 is 14.6 Å². The molecule has 0 saturated heterocycles. The third-order valence-corrected chi connectivity index (χ3v) is 6.07. The van der Waals surface area contributed by atoms with E-state index in [4.69, 9.17) is 9.26 Å². The molecule has 31 heavy (non-hydrogen) atoms. The average molecular weight is 445 g/mol. The summed E-state index contributed by atoms with van der Waals surface area (Å²) in [6, 6.07) is 11.8. The number of benzene rings is 2. The van der Waals surface area contributed by atoms with Crippen molar-refractivity contribution in [2.45, 2.75) is 31.2 Å². The molecule has 164 valence electrons. The standard InChI is InChI=1S/C21H24N4O5S/c1-13(2)14-5-7-15(8-6-14)20-24-19(30-25-20)12-23-31(27,28)16-9-10-18(29-4)17(11-16)21(26)22-3/h5-11,13,23H,12H2,1-4H3,(H,22,26). The largest absolute Gasteiger partial charge is 0.496 e. The lowest BCUT2D eigenvalue weighted by molar-refractivity contribution is 0.0960. The first-order valence-corrected chi connectivity index (χ1v) is 11.1. The van der Waals surface area contributed by atoms with E-state index in [0.717, 1.165) is 5.56 Å². The summed E-state index contributed by atoms with van der Waals surface area (Å²) in [6.45, 7) is 4.02. The van der Waals surface area contributed by atoms with Crippen LogP contribution >= 0.6 is 0 Å². The number of nitrogens with zero attached hydrogens (tertiary/aromatic N) is 2. The molecule has 0 atom stereocenters. The minimum atomic E-state index is -3.93. The molecule has 1 heterocycles. The second kappa shape index (κ2) is 9.27. The zero-order chi connectivity index (χ0) is 22.6. The molecule has 2 N–H and O–H groups in total. The van der Waals surface area contributed by atoms with Crippen molar-refractivity contribution >= 4 is 15.9 Å². The molecule has 0 fully saturated rings. The molecule has 1 aromatic heterocycles. The smallest absolute Gasteiger partial charge is 0.254 e. The van der Waals surface area contributed by atoms with Crippen molar-refractivity contribution in [3.63, 3.8) is 0 Å². The number of aromatic nitrogens is 2. The second-order valence-corrected chi connectivity index (χ2v) is 8.82. The van der Waals surface area contributed by atoms with Gasteiger partial charge in [0.05, 0.1) is 24.1 Å². The Morgan fingerprint density at radius 3 is 2.48 bits per heavy atom. The summed E-state index contributed by atoms with van der Waals surface area (Å²) in [7, 11) is -1.08. The number of rotatable bonds is 8. The molecule has 0 radical (unpaired) electrons. The molecule has 0 aliphatic rings. The lowest BCUT2D eigenvalue weighted by atomic mass is 10.0. The van der Waals surface area contributed by atoms with Crippen molar-refractivity contribution in [1.29, 1.82) is 0 Å². The highest BCUT2D eigenvalue weighted by Crippen LogP contribution is 2.23. The van der Waals surface area contributed by atoms with Crippen LogP contribution in [0.25, 0.3) is 11.4 Å². The lowest BCUT2D eigenvalue weighted by Crippen LogP contribution is -2.24. The van der Waals surface area contributed by atoms with Gasteiger partial charge in [0.25, 0.3) is 5.91 Å². The fourth-order valence-corrected chi connectivity index (χ4v) is 3.87. The van der Waals surface area contributed by atoms with Gasteiger partial charge in [-0.25, -0.2) is 13.1 Å². The van der Waals surface area contributed by atoms with Crippen molar-refractivity contribution in [3.8, 4) is 17.1 Å². The number of sulfonamides is 1. The topological polar surface area (TPSA) is 123 Å². The number of methoxy groups -OCH3 is 1. The van der Waals surface area contributed by atoms with E-state index >= 15 is 0 Å². The van der Waals surface area contributed by atoms with Crippen LogP contribution in [-0.4, -0.2) is 38.6 Å². The second-order valence-electron chi connectivity index (χ2n) is 7.05. The molecular weight excluding hydrogens is 420 g/mol. The van der Waals surface area contributed by atoms with E-state index < -0.39 is 15.9 Å². The third kappa shape index (κ3) is 5.09. The summed E-state index contributed by atoms with van der Waals surface area (Å²) in [4.78, 5) is 16.2. The SMILES string of the molecule is CNC(=O)c1cc(S(=O)(=O)NCc2nc(-c3ccc(C(C)C)cc3)no2)ccc1OC. The Balaban J connectivity index is 1.74. The number of nitrogens with one attached hydrogen (secondary N) is 2. The zero-order valence-corrected chi connectivity index (χ0v) is 18.5. The van der Waals surface area contributed by atoms with E-state index in [1.165, 1.54) is 37.9 Å². The lowest BCUT2D eigenvalue weighted by Gasteiger charge is -2.10. The molecule has 0 aliphatic heterocycles. The van der Waals surface area contributed by atoms with Crippen molar-refractivity contribution in [1.82, 2.24) is 20.2 Å². The van der Waals surface area contributed by atoms with Gasteiger partial charge in [0.2, 0.25) is 21.7 Å². The predicted octanol–water partition coefficient (Wildman–Crippen LogP) is 2.71. The fraction of sp³-hybridized carbons (Fsp3) is 0.286. The summed E-state index contributed by atoms with van der Waals surface area (Å²) >= 11 is 0. The van der Waals surface area contributed by atoms with Crippen LogP contribution in [0.1, 0.15) is 41.6 Å². The Kier molecular flexibility index (Phi) is 6.71. The van der Waals surface area contributed by atoms with Crippen molar-refractivity contribution in [2.75, 3.05) is 14.2 Å². The molecule has 0 bridgehead atoms. The highest BCUT2D eigenvalue weighted by atomic mass is 32.2. The van der Waals surface area contributed by atoms with Gasteiger partial charge in [-0.15, -0.1) is 0 Å². The normalized spacial score (nSPS) is 11.5. The van der Waals surface area contributed by atoms with Gasteiger partial charge in [-0.2, -0.15) is 4.98 Å². The maximum absolute atomic E-state index is 12.7. The van der Waals surface area contributed by atoms with Gasteiger partial charge in [0.1, 0.15) is 5.75 Å². The van der Waals surface area contributed by atoms with Gasteiger partial charge in [-0.05, 0) is 29.7 Å². The van der Waals surface area contributed by atoms with E-state index in [9.17, 15) is 13.2 Å². The van der Waals surface area contributed by atoms with Crippen molar-refractivity contribution in [2.24, 2.45) is 0 Å². The summed E-state index contributed by atoms with van der Waals surface area (Å²) < 4.78 is 38.0. The van der Waals surface area contributed by atoms with Crippen LogP contribution in [0.15, 0.2) is 51.9 Å². The summed E-state index contributed by atoms with van der Waals surface area (Å²) in [5, 5.41) is 6.37. The zero-order valence-electron chi connectivity index (χ0n) is 17.7. The minimum absolute atomic E-state index is 0.0871. The summed E-state index contributed by atoms with van der Waals surface area (Å²) in [6.07, 6.45) is 0. The van der Waals surface area contributed by atoms with Crippen LogP contribution in [0.4, 0.5) is 0 Å². The van der Waals surface area contributed by atoms with Crippen LogP contribution in [0.3, 0.4) is 0 Å². The highest BCUT2D eigenvalue weighted by Gasteiger charge is 2.20. The molecule has 3 aromatic rings. The molecule has 2 aromatic carbocycles. The van der Waals surface area contributed by atoms with Gasteiger partial charge in [0.15, 0.2) is 0 Å². The third-order valence-electron chi connectivity index (χ3n) is 4.67. The first-order valence-electron chi connectivity index (χ1n) is 9.58. The Labute approximate surface area is 180 Å². The molecule has 0 unspecified atom stereocenters. The molecule has 10 heteroatoms. The van der Waals surface area contributed by atoms with Crippen LogP contribution in [0, 0.1) is 0 Å². The molecule has 3 rings (SSSR count). The first-order chi connectivity index (χ1) is 14.7. The quantitative estimate of drug-likeness (QED) is 0.547. The number of hydrogen-bond acceptors (Lipinski definition) is 7. The Hall–Kier alpha value is -3.24. The van der Waals surface area contributed by atoms with Crippen LogP contribution in [0.2, 0.25) is 0 Å². The predicted molar refractivity (Wildman–Crippen MR) is 114 cm³/mol. The van der Waals surface area contributed by atoms with Gasteiger partial charge >= 0.3 is 0 Å². The molecule has 9 nitrogen and oxygen atoms in total. The monoisotopic (exact) mass is 444 g/mol. The highest BCUT2D eigenvalue weighted by molar-refractivity contribution is 7.89. The van der Waals surface area contributed by atoms with Crippen LogP contribution < -0.4 is 14.8 Å². The van der Waals surface area contributed by atoms with Gasteiger partial charge in [-0.3, -0.25) is 4.79 Å². The average Bonchev–Trinajstić information content (AvgIpc) is 3.26. The maximum atomic E-state index is 12.7. The number of carbonyl (C=O) groups is 1. The molecule has 1 amide bonds. The number of ether oxygens (including phenoxy) is 1. The molecule has 0 aliphatic carbocycles. The number of amides is 1. The van der Waals surface area contributed by atoms with E-state index in [-0.39, 0.29) is 28.6 Å².